The van der Waals surface area contributed by atoms with Crippen LogP contribution in [0.4, 0.5) is 11.4 Å². The third kappa shape index (κ3) is 3.00. The Balaban J connectivity index is 2.08. The van der Waals surface area contributed by atoms with Crippen LogP contribution in [-0.4, -0.2) is 13.0 Å². The Bertz CT molecular complexity index is 465. The molecular formula is C15H22N2O2. The third-order valence-corrected chi connectivity index (χ3v) is 3.99. The molecule has 1 aromatic rings. The summed E-state index contributed by atoms with van der Waals surface area (Å²) in [5.41, 5.74) is 6.87. The molecule has 4 heteroatoms. The van der Waals surface area contributed by atoms with Gasteiger partial charge in [0.15, 0.2) is 0 Å². The first-order valence-electron chi connectivity index (χ1n) is 6.80. The van der Waals surface area contributed by atoms with Crippen LogP contribution in [0.5, 0.6) is 5.75 Å². The zero-order chi connectivity index (χ0) is 13.9. The summed E-state index contributed by atoms with van der Waals surface area (Å²) in [5, 5.41) is 2.97. The number of carbonyl (C=O) groups is 1. The quantitative estimate of drug-likeness (QED) is 0.822. The predicted molar refractivity (Wildman–Crippen MR) is 77.2 cm³/mol. The molecule has 0 radical (unpaired) electrons. The number of hydrogen-bond donors (Lipinski definition) is 2. The van der Waals surface area contributed by atoms with Gasteiger partial charge in [-0.3, -0.25) is 4.79 Å². The van der Waals surface area contributed by atoms with Gasteiger partial charge in [-0.1, -0.05) is 26.2 Å². The first-order valence-corrected chi connectivity index (χ1v) is 6.80. The van der Waals surface area contributed by atoms with Crippen LogP contribution in [0.15, 0.2) is 18.2 Å². The van der Waals surface area contributed by atoms with Crippen molar-refractivity contribution >= 4 is 17.3 Å². The lowest BCUT2D eigenvalue weighted by molar-refractivity contribution is -0.126. The van der Waals surface area contributed by atoms with Crippen LogP contribution in [0.25, 0.3) is 0 Å². The fourth-order valence-corrected chi connectivity index (χ4v) is 2.65. The molecule has 4 nitrogen and oxygen atoms in total. The SMILES string of the molecule is COc1ccc(NC(=O)C2(C)CCCCC2)cc1N. The van der Waals surface area contributed by atoms with Crippen molar-refractivity contribution in [2.24, 2.45) is 5.41 Å². The van der Waals surface area contributed by atoms with Crippen molar-refractivity contribution < 1.29 is 9.53 Å². The molecule has 1 saturated carbocycles. The summed E-state index contributed by atoms with van der Waals surface area (Å²) in [6.07, 6.45) is 5.43. The van der Waals surface area contributed by atoms with Gasteiger partial charge in [-0.25, -0.2) is 0 Å². The van der Waals surface area contributed by atoms with Crippen molar-refractivity contribution in [3.05, 3.63) is 18.2 Å². The lowest BCUT2D eigenvalue weighted by atomic mass is 9.75. The molecule has 19 heavy (non-hydrogen) atoms. The summed E-state index contributed by atoms with van der Waals surface area (Å²) in [4.78, 5) is 12.4. The Morgan fingerprint density at radius 2 is 2.00 bits per heavy atom. The molecule has 104 valence electrons. The van der Waals surface area contributed by atoms with Crippen LogP contribution in [0.2, 0.25) is 0 Å². The van der Waals surface area contributed by atoms with Gasteiger partial charge in [0.05, 0.1) is 12.8 Å². The van der Waals surface area contributed by atoms with E-state index < -0.39 is 0 Å². The second kappa shape index (κ2) is 5.51. The van der Waals surface area contributed by atoms with E-state index >= 15 is 0 Å². The molecule has 0 unspecified atom stereocenters. The van der Waals surface area contributed by atoms with E-state index in [9.17, 15) is 4.79 Å². The number of methoxy groups -OCH3 is 1. The topological polar surface area (TPSA) is 64.3 Å². The highest BCUT2D eigenvalue weighted by Gasteiger charge is 2.34. The van der Waals surface area contributed by atoms with Crippen LogP contribution in [-0.2, 0) is 4.79 Å². The van der Waals surface area contributed by atoms with Crippen molar-refractivity contribution in [2.75, 3.05) is 18.2 Å². The standard InChI is InChI=1S/C15H22N2O2/c1-15(8-4-3-5-9-15)14(18)17-11-6-7-13(19-2)12(16)10-11/h6-7,10H,3-5,8-9,16H2,1-2H3,(H,17,18). The van der Waals surface area contributed by atoms with E-state index in [-0.39, 0.29) is 11.3 Å². The molecule has 1 aliphatic carbocycles. The van der Waals surface area contributed by atoms with Gasteiger partial charge in [0.25, 0.3) is 0 Å². The Morgan fingerprint density at radius 1 is 1.32 bits per heavy atom. The van der Waals surface area contributed by atoms with Crippen molar-refractivity contribution in [2.45, 2.75) is 39.0 Å². The monoisotopic (exact) mass is 262 g/mol. The fraction of sp³-hybridized carbons (Fsp3) is 0.533. The van der Waals surface area contributed by atoms with Crippen LogP contribution in [0.1, 0.15) is 39.0 Å². The van der Waals surface area contributed by atoms with Gasteiger partial charge in [-0.05, 0) is 31.0 Å². The number of anilines is 2. The minimum absolute atomic E-state index is 0.0942. The van der Waals surface area contributed by atoms with Crippen molar-refractivity contribution in [3.63, 3.8) is 0 Å². The summed E-state index contributed by atoms with van der Waals surface area (Å²) in [6, 6.07) is 5.33. The molecule has 0 aliphatic heterocycles. The first-order chi connectivity index (χ1) is 9.05. The molecule has 0 aromatic heterocycles. The van der Waals surface area contributed by atoms with E-state index in [4.69, 9.17) is 10.5 Å². The summed E-state index contributed by atoms with van der Waals surface area (Å²) in [5.74, 6) is 0.721. The van der Waals surface area contributed by atoms with E-state index in [2.05, 4.69) is 5.32 Å². The molecule has 0 heterocycles. The number of carbonyl (C=O) groups excluding carboxylic acids is 1. The zero-order valence-corrected chi connectivity index (χ0v) is 11.7. The van der Waals surface area contributed by atoms with Crippen LogP contribution < -0.4 is 15.8 Å². The van der Waals surface area contributed by atoms with Gasteiger partial charge in [-0.15, -0.1) is 0 Å². The number of amides is 1. The average Bonchev–Trinajstić information content (AvgIpc) is 2.40. The maximum absolute atomic E-state index is 12.4. The van der Waals surface area contributed by atoms with E-state index in [1.807, 2.05) is 13.0 Å². The Hall–Kier alpha value is -1.71. The Morgan fingerprint density at radius 3 is 2.58 bits per heavy atom. The highest BCUT2D eigenvalue weighted by atomic mass is 16.5. The maximum Gasteiger partial charge on any atom is 0.230 e. The Labute approximate surface area is 114 Å². The predicted octanol–water partition coefficient (Wildman–Crippen LogP) is 3.19. The minimum atomic E-state index is -0.243. The molecule has 1 aliphatic rings. The van der Waals surface area contributed by atoms with Gasteiger partial charge in [0.1, 0.15) is 5.75 Å². The lowest BCUT2D eigenvalue weighted by Gasteiger charge is -2.32. The second-order valence-corrected chi connectivity index (χ2v) is 5.53. The molecule has 0 spiro atoms. The molecule has 1 fully saturated rings. The maximum atomic E-state index is 12.4. The second-order valence-electron chi connectivity index (χ2n) is 5.53. The normalized spacial score (nSPS) is 17.8. The van der Waals surface area contributed by atoms with Gasteiger partial charge in [0.2, 0.25) is 5.91 Å². The minimum Gasteiger partial charge on any atom is -0.495 e. The highest BCUT2D eigenvalue weighted by molar-refractivity contribution is 5.95. The number of nitrogens with one attached hydrogen (secondary N) is 1. The summed E-state index contributed by atoms with van der Waals surface area (Å²) in [7, 11) is 1.58. The number of nitrogen functional groups attached to an aromatic ring is 1. The van der Waals surface area contributed by atoms with Crippen LogP contribution in [0, 0.1) is 5.41 Å². The lowest BCUT2D eigenvalue weighted by Crippen LogP contribution is -2.35. The average molecular weight is 262 g/mol. The van der Waals surface area contributed by atoms with E-state index in [1.165, 1.54) is 6.42 Å². The first kappa shape index (κ1) is 13.7. The number of ether oxygens (including phenoxy) is 1. The summed E-state index contributed by atoms with van der Waals surface area (Å²) in [6.45, 7) is 2.05. The van der Waals surface area contributed by atoms with E-state index in [1.54, 1.807) is 19.2 Å². The van der Waals surface area contributed by atoms with Gasteiger partial charge in [-0.2, -0.15) is 0 Å². The number of benzene rings is 1. The highest BCUT2D eigenvalue weighted by Crippen LogP contribution is 2.37. The summed E-state index contributed by atoms with van der Waals surface area (Å²) < 4.78 is 5.10. The smallest absolute Gasteiger partial charge is 0.230 e. The van der Waals surface area contributed by atoms with E-state index in [0.717, 1.165) is 31.4 Å². The van der Waals surface area contributed by atoms with Gasteiger partial charge < -0.3 is 15.8 Å². The van der Waals surface area contributed by atoms with Gasteiger partial charge in [0, 0.05) is 11.1 Å². The molecule has 0 atom stereocenters. The molecule has 2 rings (SSSR count). The zero-order valence-electron chi connectivity index (χ0n) is 11.7. The number of rotatable bonds is 3. The number of nitrogens with two attached hydrogens (primary N) is 1. The van der Waals surface area contributed by atoms with Crippen molar-refractivity contribution in [3.8, 4) is 5.75 Å². The third-order valence-electron chi connectivity index (χ3n) is 3.99. The van der Waals surface area contributed by atoms with Crippen LogP contribution >= 0.6 is 0 Å². The van der Waals surface area contributed by atoms with Crippen LogP contribution in [0.3, 0.4) is 0 Å². The fourth-order valence-electron chi connectivity index (χ4n) is 2.65. The molecule has 0 bridgehead atoms. The van der Waals surface area contributed by atoms with Gasteiger partial charge >= 0.3 is 0 Å². The molecule has 1 amide bonds. The number of hydrogen-bond acceptors (Lipinski definition) is 3. The molecule has 3 N–H and O–H groups in total. The summed E-state index contributed by atoms with van der Waals surface area (Å²) >= 11 is 0. The molecule has 0 saturated heterocycles. The van der Waals surface area contributed by atoms with Crippen molar-refractivity contribution in [1.82, 2.24) is 0 Å². The Kier molecular flexibility index (Phi) is 3.98. The largest absolute Gasteiger partial charge is 0.495 e. The van der Waals surface area contributed by atoms with E-state index in [0.29, 0.717) is 11.4 Å². The molecular weight excluding hydrogens is 240 g/mol. The molecule has 1 aromatic carbocycles. The van der Waals surface area contributed by atoms with Crippen molar-refractivity contribution in [1.29, 1.82) is 0 Å².